The number of rotatable bonds is 15. The molecule has 2 amide bonds. The highest BCUT2D eigenvalue weighted by atomic mass is 35.5. The highest BCUT2D eigenvalue weighted by Crippen LogP contribution is 2.34. The maximum absolute atomic E-state index is 14.6. The van der Waals surface area contributed by atoms with Gasteiger partial charge in [0, 0.05) is 30.6 Å². The minimum Gasteiger partial charge on any atom is -0.493 e. The van der Waals surface area contributed by atoms with Crippen LogP contribution in [0.4, 0.5) is 5.69 Å². The van der Waals surface area contributed by atoms with Crippen LogP contribution in [0.3, 0.4) is 0 Å². The molecule has 0 heterocycles. The summed E-state index contributed by atoms with van der Waals surface area (Å²) in [7, 11) is -1.34. The van der Waals surface area contributed by atoms with Gasteiger partial charge >= 0.3 is 0 Å². The minimum absolute atomic E-state index is 0.0106. The van der Waals surface area contributed by atoms with Crippen molar-refractivity contribution in [3.8, 4) is 11.5 Å². The predicted octanol–water partition coefficient (Wildman–Crippen LogP) is 6.03. The molecule has 0 saturated heterocycles. The third kappa shape index (κ3) is 9.05. The van der Waals surface area contributed by atoms with Gasteiger partial charge in [0.1, 0.15) is 12.6 Å². The van der Waals surface area contributed by atoms with Gasteiger partial charge in [-0.2, -0.15) is 0 Å². The number of aryl methyl sites for hydroxylation is 1. The van der Waals surface area contributed by atoms with Crippen LogP contribution in [-0.4, -0.2) is 58.5 Å². The van der Waals surface area contributed by atoms with Crippen molar-refractivity contribution in [2.45, 2.75) is 44.2 Å². The number of carbonyl (C=O) groups excluding carboxylic acids is 2. The van der Waals surface area contributed by atoms with Gasteiger partial charge in [-0.1, -0.05) is 78.7 Å². The van der Waals surface area contributed by atoms with E-state index in [9.17, 15) is 18.0 Å². The number of halogens is 1. The zero-order chi connectivity index (χ0) is 34.0. The first-order valence-electron chi connectivity index (χ1n) is 15.2. The van der Waals surface area contributed by atoms with Crippen molar-refractivity contribution in [2.24, 2.45) is 0 Å². The Morgan fingerprint density at radius 3 is 2.13 bits per heavy atom. The first-order chi connectivity index (χ1) is 22.6. The van der Waals surface area contributed by atoms with Crippen LogP contribution in [-0.2, 0) is 32.6 Å². The first-order valence-corrected chi connectivity index (χ1v) is 17.1. The normalized spacial score (nSPS) is 11.8. The van der Waals surface area contributed by atoms with Gasteiger partial charge in [-0.15, -0.1) is 0 Å². The van der Waals surface area contributed by atoms with E-state index in [1.807, 2.05) is 44.2 Å². The van der Waals surface area contributed by atoms with Crippen molar-refractivity contribution in [2.75, 3.05) is 31.6 Å². The molecule has 0 aliphatic heterocycles. The van der Waals surface area contributed by atoms with E-state index in [1.165, 1.54) is 37.3 Å². The van der Waals surface area contributed by atoms with E-state index in [0.29, 0.717) is 29.5 Å². The number of ether oxygens (including phenoxy) is 2. The molecule has 0 fully saturated rings. The summed E-state index contributed by atoms with van der Waals surface area (Å²) < 4.78 is 40.4. The van der Waals surface area contributed by atoms with Crippen molar-refractivity contribution < 1.29 is 27.5 Å². The molecule has 4 aromatic rings. The van der Waals surface area contributed by atoms with Gasteiger partial charge in [-0.3, -0.25) is 13.9 Å². The quantitative estimate of drug-likeness (QED) is 0.165. The number of methoxy groups -OCH3 is 2. The van der Waals surface area contributed by atoms with Crippen LogP contribution in [0.15, 0.2) is 102 Å². The summed E-state index contributed by atoms with van der Waals surface area (Å²) >= 11 is 6.15. The average molecular weight is 678 g/mol. The third-order valence-electron chi connectivity index (χ3n) is 7.63. The number of sulfonamides is 1. The number of amides is 2. The van der Waals surface area contributed by atoms with Crippen molar-refractivity contribution in [3.63, 3.8) is 0 Å². The Kier molecular flexibility index (Phi) is 12.3. The second kappa shape index (κ2) is 16.3. The van der Waals surface area contributed by atoms with Gasteiger partial charge in [0.2, 0.25) is 11.8 Å². The molecule has 0 aliphatic carbocycles. The molecule has 47 heavy (non-hydrogen) atoms. The van der Waals surface area contributed by atoms with Gasteiger partial charge in [-0.05, 0) is 60.9 Å². The summed E-state index contributed by atoms with van der Waals surface area (Å²) in [6, 6.07) is 26.5. The summed E-state index contributed by atoms with van der Waals surface area (Å²) in [5, 5.41) is 3.47. The molecule has 0 aliphatic rings. The van der Waals surface area contributed by atoms with E-state index >= 15 is 0 Å². The molecule has 1 atom stereocenters. The number of hydrogen-bond donors (Lipinski definition) is 1. The van der Waals surface area contributed by atoms with E-state index in [2.05, 4.69) is 5.32 Å². The van der Waals surface area contributed by atoms with Crippen LogP contribution in [0, 0.1) is 6.92 Å². The van der Waals surface area contributed by atoms with E-state index in [0.717, 1.165) is 21.0 Å². The van der Waals surface area contributed by atoms with Crippen LogP contribution in [0.25, 0.3) is 0 Å². The molecular formula is C36H40ClN3O6S. The average Bonchev–Trinajstić information content (AvgIpc) is 3.08. The molecule has 0 bridgehead atoms. The maximum Gasteiger partial charge on any atom is 0.264 e. The fraction of sp³-hybridized carbons (Fsp3) is 0.278. The van der Waals surface area contributed by atoms with E-state index < -0.39 is 28.5 Å². The largest absolute Gasteiger partial charge is 0.493 e. The lowest BCUT2D eigenvalue weighted by Crippen LogP contribution is -2.53. The van der Waals surface area contributed by atoms with Crippen molar-refractivity contribution >= 4 is 39.1 Å². The number of nitrogens with zero attached hydrogens (tertiary/aromatic N) is 2. The third-order valence-corrected chi connectivity index (χ3v) is 9.67. The summed E-state index contributed by atoms with van der Waals surface area (Å²) in [5.74, 6) is -0.217. The summed E-state index contributed by atoms with van der Waals surface area (Å²) in [6.45, 7) is 3.67. The van der Waals surface area contributed by atoms with Crippen LogP contribution in [0.5, 0.6) is 11.5 Å². The maximum atomic E-state index is 14.6. The molecule has 0 spiro atoms. The monoisotopic (exact) mass is 677 g/mol. The zero-order valence-corrected chi connectivity index (χ0v) is 28.6. The van der Waals surface area contributed by atoms with Gasteiger partial charge < -0.3 is 19.7 Å². The van der Waals surface area contributed by atoms with Crippen LogP contribution >= 0.6 is 11.6 Å². The lowest BCUT2D eigenvalue weighted by Gasteiger charge is -2.34. The van der Waals surface area contributed by atoms with E-state index in [4.69, 9.17) is 21.1 Å². The minimum atomic E-state index is -4.27. The second-order valence-electron chi connectivity index (χ2n) is 11.0. The molecular weight excluding hydrogens is 638 g/mol. The van der Waals surface area contributed by atoms with Gasteiger partial charge in [0.25, 0.3) is 10.0 Å². The Labute approximate surface area is 282 Å². The van der Waals surface area contributed by atoms with Gasteiger partial charge in [0.05, 0.1) is 24.8 Å². The molecule has 248 valence electrons. The molecule has 9 nitrogen and oxygen atoms in total. The van der Waals surface area contributed by atoms with Crippen molar-refractivity contribution in [1.29, 1.82) is 0 Å². The highest BCUT2D eigenvalue weighted by Gasteiger charge is 2.35. The smallest absolute Gasteiger partial charge is 0.264 e. The van der Waals surface area contributed by atoms with E-state index in [-0.39, 0.29) is 29.5 Å². The highest BCUT2D eigenvalue weighted by molar-refractivity contribution is 7.92. The SMILES string of the molecule is CCCNC(=O)[C@@H](Cc1ccccc1)N(Cc1ccc(Cl)cc1)C(=O)CN(c1ccc(OC)c(OC)c1)S(=O)(=O)c1ccc(C)cc1. The lowest BCUT2D eigenvalue weighted by molar-refractivity contribution is -0.140. The fourth-order valence-electron chi connectivity index (χ4n) is 5.05. The van der Waals surface area contributed by atoms with Gasteiger partial charge in [-0.25, -0.2) is 8.42 Å². The lowest BCUT2D eigenvalue weighted by atomic mass is 10.0. The standard InChI is InChI=1S/C36H40ClN3O6S/c1-5-21-38-36(42)32(22-27-9-7-6-8-10-27)39(24-28-13-15-29(37)16-14-28)35(41)25-40(30-17-20-33(45-3)34(23-30)46-4)47(43,44)31-18-11-26(2)12-19-31/h6-20,23,32H,5,21-22,24-25H2,1-4H3,(H,38,42)/t32-/m1/s1. The number of carbonyl (C=O) groups is 2. The Bertz CT molecular complexity index is 1750. The van der Waals surface area contributed by atoms with Crippen molar-refractivity contribution in [1.82, 2.24) is 10.2 Å². The molecule has 4 aromatic carbocycles. The fourth-order valence-corrected chi connectivity index (χ4v) is 6.58. The molecule has 0 radical (unpaired) electrons. The molecule has 11 heteroatoms. The zero-order valence-electron chi connectivity index (χ0n) is 27.0. The van der Waals surface area contributed by atoms with Gasteiger partial charge in [0.15, 0.2) is 11.5 Å². The predicted molar refractivity (Wildman–Crippen MR) is 184 cm³/mol. The molecule has 4 rings (SSSR count). The van der Waals surface area contributed by atoms with Crippen LogP contribution in [0.1, 0.15) is 30.0 Å². The summed E-state index contributed by atoms with van der Waals surface area (Å²) in [4.78, 5) is 29.8. The molecule has 0 aromatic heterocycles. The van der Waals surface area contributed by atoms with E-state index in [1.54, 1.807) is 48.5 Å². The Hall–Kier alpha value is -4.54. The van der Waals surface area contributed by atoms with Crippen LogP contribution < -0.4 is 19.1 Å². The molecule has 1 N–H and O–H groups in total. The number of benzene rings is 4. The van der Waals surface area contributed by atoms with Crippen LogP contribution in [0.2, 0.25) is 5.02 Å². The number of hydrogen-bond acceptors (Lipinski definition) is 6. The molecule has 0 unspecified atom stereocenters. The molecule has 0 saturated carbocycles. The van der Waals surface area contributed by atoms with Crippen molar-refractivity contribution in [3.05, 3.63) is 119 Å². The Balaban J connectivity index is 1.83. The number of anilines is 1. The first kappa shape index (κ1) is 35.3. The second-order valence-corrected chi connectivity index (χ2v) is 13.3. The number of nitrogens with one attached hydrogen (secondary N) is 1. The topological polar surface area (TPSA) is 105 Å². The summed E-state index contributed by atoms with van der Waals surface area (Å²) in [6.07, 6.45) is 0.924. The Morgan fingerprint density at radius 2 is 1.51 bits per heavy atom. The summed E-state index contributed by atoms with van der Waals surface area (Å²) in [5.41, 5.74) is 2.65. The Morgan fingerprint density at radius 1 is 0.851 bits per heavy atom.